The molecule has 6 nitrogen and oxygen atoms in total. The number of nitrogens with one attached hydrogen (secondary N) is 1. The van der Waals surface area contributed by atoms with Gasteiger partial charge in [0, 0.05) is 30.4 Å². The lowest BCUT2D eigenvalue weighted by Crippen LogP contribution is -2.38. The Morgan fingerprint density at radius 1 is 1.46 bits per heavy atom. The first-order valence-electron chi connectivity index (χ1n) is 8.13. The summed E-state index contributed by atoms with van der Waals surface area (Å²) in [6.45, 7) is 6.60. The van der Waals surface area contributed by atoms with Crippen molar-refractivity contribution in [3.63, 3.8) is 0 Å². The highest BCUT2D eigenvalue weighted by atomic mass is 16.5. The van der Waals surface area contributed by atoms with E-state index in [9.17, 15) is 4.79 Å². The summed E-state index contributed by atoms with van der Waals surface area (Å²) in [6.07, 6.45) is 4.42. The standard InChI is InChI=1S/C18H23N3O3/c1-13(11-21-9-5-8-19-21)20-16(22)12-23-15-7-4-6-14-10-18(2,3)24-17(14)15/h4-9,13H,10-12H2,1-3H3,(H,20,22)/t13-/m0/s1. The number of hydrogen-bond acceptors (Lipinski definition) is 4. The van der Waals surface area contributed by atoms with E-state index in [0.717, 1.165) is 17.7 Å². The molecule has 0 bridgehead atoms. The van der Waals surface area contributed by atoms with Gasteiger partial charge in [0.25, 0.3) is 5.91 Å². The molecule has 128 valence electrons. The Bertz CT molecular complexity index is 710. The Hall–Kier alpha value is -2.50. The first kappa shape index (κ1) is 16.4. The molecule has 0 aliphatic carbocycles. The monoisotopic (exact) mass is 329 g/mol. The van der Waals surface area contributed by atoms with Crippen LogP contribution in [0.4, 0.5) is 0 Å². The highest BCUT2D eigenvalue weighted by Crippen LogP contribution is 2.41. The molecule has 2 aromatic rings. The summed E-state index contributed by atoms with van der Waals surface area (Å²) in [5.41, 5.74) is 0.882. The van der Waals surface area contributed by atoms with E-state index >= 15 is 0 Å². The highest BCUT2D eigenvalue weighted by Gasteiger charge is 2.32. The van der Waals surface area contributed by atoms with E-state index in [2.05, 4.69) is 10.4 Å². The van der Waals surface area contributed by atoms with Gasteiger partial charge in [0.15, 0.2) is 18.1 Å². The van der Waals surface area contributed by atoms with Crippen LogP contribution in [0, 0.1) is 0 Å². The second-order valence-electron chi connectivity index (χ2n) is 6.77. The fourth-order valence-corrected chi connectivity index (χ4v) is 2.90. The number of carbonyl (C=O) groups is 1. The third kappa shape index (κ3) is 3.88. The van der Waals surface area contributed by atoms with Crippen LogP contribution in [-0.2, 0) is 17.8 Å². The van der Waals surface area contributed by atoms with Crippen molar-refractivity contribution in [1.29, 1.82) is 0 Å². The fraction of sp³-hybridized carbons (Fsp3) is 0.444. The quantitative estimate of drug-likeness (QED) is 0.882. The lowest BCUT2D eigenvalue weighted by molar-refractivity contribution is -0.123. The van der Waals surface area contributed by atoms with Gasteiger partial charge < -0.3 is 14.8 Å². The molecule has 1 atom stereocenters. The maximum Gasteiger partial charge on any atom is 0.258 e. The normalized spacial score (nSPS) is 16.1. The third-order valence-corrected chi connectivity index (χ3v) is 3.84. The van der Waals surface area contributed by atoms with Gasteiger partial charge >= 0.3 is 0 Å². The first-order valence-corrected chi connectivity index (χ1v) is 8.13. The van der Waals surface area contributed by atoms with E-state index in [1.165, 1.54) is 0 Å². The molecule has 1 aliphatic heterocycles. The van der Waals surface area contributed by atoms with Crippen molar-refractivity contribution in [3.05, 3.63) is 42.2 Å². The van der Waals surface area contributed by atoms with E-state index in [1.807, 2.05) is 51.2 Å². The van der Waals surface area contributed by atoms with Crippen LogP contribution in [-0.4, -0.2) is 33.9 Å². The number of rotatable bonds is 6. The zero-order valence-corrected chi connectivity index (χ0v) is 14.3. The molecule has 0 fully saturated rings. The van der Waals surface area contributed by atoms with Crippen LogP contribution in [0.5, 0.6) is 11.5 Å². The Labute approximate surface area is 141 Å². The van der Waals surface area contributed by atoms with Gasteiger partial charge in [-0.25, -0.2) is 0 Å². The van der Waals surface area contributed by atoms with Crippen molar-refractivity contribution in [2.45, 2.75) is 45.4 Å². The Balaban J connectivity index is 1.53. The molecular formula is C18H23N3O3. The van der Waals surface area contributed by atoms with Gasteiger partial charge in [-0.2, -0.15) is 5.10 Å². The molecule has 6 heteroatoms. The molecule has 0 unspecified atom stereocenters. The second-order valence-corrected chi connectivity index (χ2v) is 6.77. The highest BCUT2D eigenvalue weighted by molar-refractivity contribution is 5.77. The summed E-state index contributed by atoms with van der Waals surface area (Å²) >= 11 is 0. The van der Waals surface area contributed by atoms with Crippen molar-refractivity contribution in [3.8, 4) is 11.5 Å². The fourth-order valence-electron chi connectivity index (χ4n) is 2.90. The average molecular weight is 329 g/mol. The predicted molar refractivity (Wildman–Crippen MR) is 90.2 cm³/mol. The molecule has 1 aromatic heterocycles. The molecule has 2 heterocycles. The molecule has 1 aromatic carbocycles. The van der Waals surface area contributed by atoms with Gasteiger partial charge in [0.05, 0.1) is 6.54 Å². The smallest absolute Gasteiger partial charge is 0.258 e. The predicted octanol–water partition coefficient (Wildman–Crippen LogP) is 2.18. The van der Waals surface area contributed by atoms with E-state index in [0.29, 0.717) is 12.3 Å². The third-order valence-electron chi connectivity index (χ3n) is 3.84. The van der Waals surface area contributed by atoms with Gasteiger partial charge in [-0.1, -0.05) is 12.1 Å². The Morgan fingerprint density at radius 3 is 3.04 bits per heavy atom. The van der Waals surface area contributed by atoms with Gasteiger partial charge in [-0.05, 0) is 32.9 Å². The minimum absolute atomic E-state index is 0.0299. The van der Waals surface area contributed by atoms with Gasteiger partial charge in [0.2, 0.25) is 0 Å². The van der Waals surface area contributed by atoms with Crippen LogP contribution in [0.15, 0.2) is 36.7 Å². The minimum Gasteiger partial charge on any atom is -0.483 e. The van der Waals surface area contributed by atoms with E-state index in [-0.39, 0.29) is 24.2 Å². The maximum atomic E-state index is 12.1. The molecule has 3 rings (SSSR count). The zero-order chi connectivity index (χ0) is 17.2. The number of nitrogens with zero attached hydrogens (tertiary/aromatic N) is 2. The minimum atomic E-state index is -0.234. The lowest BCUT2D eigenvalue weighted by Gasteiger charge is -2.18. The van der Waals surface area contributed by atoms with Crippen LogP contribution in [0.2, 0.25) is 0 Å². The van der Waals surface area contributed by atoms with Crippen LogP contribution in [0.3, 0.4) is 0 Å². The summed E-state index contributed by atoms with van der Waals surface area (Å²) < 4.78 is 13.4. The summed E-state index contributed by atoms with van der Waals surface area (Å²) in [4.78, 5) is 12.1. The number of benzene rings is 1. The molecule has 1 N–H and O–H groups in total. The summed E-state index contributed by atoms with van der Waals surface area (Å²) in [7, 11) is 0. The number of aromatic nitrogens is 2. The van der Waals surface area contributed by atoms with E-state index in [1.54, 1.807) is 10.9 Å². The molecule has 0 saturated carbocycles. The molecule has 0 spiro atoms. The summed E-state index contributed by atoms with van der Waals surface area (Å²) in [5.74, 6) is 1.21. The van der Waals surface area contributed by atoms with Gasteiger partial charge in [-0.15, -0.1) is 0 Å². The van der Waals surface area contributed by atoms with Crippen molar-refractivity contribution >= 4 is 5.91 Å². The number of hydrogen-bond donors (Lipinski definition) is 1. The Kier molecular flexibility index (Phi) is 4.46. The molecule has 1 aliphatic rings. The molecule has 0 saturated heterocycles. The Morgan fingerprint density at radius 2 is 2.29 bits per heavy atom. The molecule has 24 heavy (non-hydrogen) atoms. The number of amides is 1. The SMILES string of the molecule is C[C@@H](Cn1cccn1)NC(=O)COc1cccc2c1OC(C)(C)C2. The van der Waals surface area contributed by atoms with Gasteiger partial charge in [-0.3, -0.25) is 9.48 Å². The van der Waals surface area contributed by atoms with Crippen molar-refractivity contribution < 1.29 is 14.3 Å². The number of fused-ring (bicyclic) bond motifs is 1. The lowest BCUT2D eigenvalue weighted by atomic mass is 10.0. The van der Waals surface area contributed by atoms with E-state index < -0.39 is 0 Å². The molecular weight excluding hydrogens is 306 g/mol. The van der Waals surface area contributed by atoms with Crippen molar-refractivity contribution in [2.24, 2.45) is 0 Å². The summed E-state index contributed by atoms with van der Waals surface area (Å²) in [6, 6.07) is 7.62. The zero-order valence-electron chi connectivity index (χ0n) is 14.3. The van der Waals surface area contributed by atoms with Crippen molar-refractivity contribution in [1.82, 2.24) is 15.1 Å². The van der Waals surface area contributed by atoms with Crippen LogP contribution >= 0.6 is 0 Å². The molecule has 1 amide bonds. The summed E-state index contributed by atoms with van der Waals surface area (Å²) in [5, 5.41) is 7.03. The number of carbonyl (C=O) groups excluding carboxylic acids is 1. The van der Waals surface area contributed by atoms with Crippen LogP contribution < -0.4 is 14.8 Å². The number of para-hydroxylation sites is 1. The van der Waals surface area contributed by atoms with Crippen LogP contribution in [0.25, 0.3) is 0 Å². The number of ether oxygens (including phenoxy) is 2. The van der Waals surface area contributed by atoms with Crippen LogP contribution in [0.1, 0.15) is 26.3 Å². The topological polar surface area (TPSA) is 65.4 Å². The maximum absolute atomic E-state index is 12.1. The second kappa shape index (κ2) is 6.55. The largest absolute Gasteiger partial charge is 0.483 e. The average Bonchev–Trinajstić information content (AvgIpc) is 3.10. The first-order chi connectivity index (χ1) is 11.4. The van der Waals surface area contributed by atoms with E-state index in [4.69, 9.17) is 9.47 Å². The van der Waals surface area contributed by atoms with Gasteiger partial charge in [0.1, 0.15) is 5.60 Å². The molecule has 0 radical (unpaired) electrons. The van der Waals surface area contributed by atoms with Crippen molar-refractivity contribution in [2.75, 3.05) is 6.61 Å².